The van der Waals surface area contributed by atoms with Gasteiger partial charge in [-0.3, -0.25) is 4.79 Å². The second kappa shape index (κ2) is 4.81. The lowest BCUT2D eigenvalue weighted by atomic mass is 10.3. The van der Waals surface area contributed by atoms with Crippen LogP contribution in [0, 0.1) is 0 Å². The zero-order chi connectivity index (χ0) is 13.2. The molecule has 18 heavy (non-hydrogen) atoms. The number of esters is 1. The fourth-order valence-corrected chi connectivity index (χ4v) is 3.00. The molecule has 1 unspecified atom stereocenters. The first-order chi connectivity index (χ1) is 8.53. The summed E-state index contributed by atoms with van der Waals surface area (Å²) in [6, 6.07) is 7.08. The molecule has 0 amide bonds. The highest BCUT2D eigenvalue weighted by atomic mass is 32.2. The molecule has 0 bridgehead atoms. The molecule has 1 aliphatic heterocycles. The van der Waals surface area contributed by atoms with Crippen molar-refractivity contribution in [2.24, 2.45) is 4.40 Å². The van der Waals surface area contributed by atoms with Gasteiger partial charge in [0.05, 0.1) is 26.9 Å². The fraction of sp³-hybridized carbons (Fsp3) is 0.250. The Hall–Kier alpha value is -1.82. The summed E-state index contributed by atoms with van der Waals surface area (Å²) in [5, 5.41) is 2.97. The van der Waals surface area contributed by atoms with Crippen LogP contribution in [0.1, 0.15) is 13.3 Å². The van der Waals surface area contributed by atoms with Gasteiger partial charge in [0, 0.05) is 0 Å². The van der Waals surface area contributed by atoms with Gasteiger partial charge >= 0.3 is 5.97 Å². The van der Waals surface area contributed by atoms with Crippen LogP contribution in [0.4, 0.5) is 5.69 Å². The third kappa shape index (κ3) is 2.53. The molecule has 2 rings (SSSR count). The van der Waals surface area contributed by atoms with Gasteiger partial charge in [-0.15, -0.1) is 0 Å². The first-order valence-corrected chi connectivity index (χ1v) is 7.19. The highest BCUT2D eigenvalue weighted by Crippen LogP contribution is 2.27. The van der Waals surface area contributed by atoms with Gasteiger partial charge in [-0.25, -0.2) is 4.21 Å². The first kappa shape index (κ1) is 12.6. The van der Waals surface area contributed by atoms with Gasteiger partial charge < -0.3 is 10.1 Å². The van der Waals surface area contributed by atoms with E-state index in [-0.39, 0.29) is 6.42 Å². The molecule has 5 nitrogen and oxygen atoms in total. The van der Waals surface area contributed by atoms with Gasteiger partial charge in [-0.05, 0) is 24.9 Å². The van der Waals surface area contributed by atoms with Crippen molar-refractivity contribution in [3.8, 4) is 0 Å². The summed E-state index contributed by atoms with van der Waals surface area (Å²) < 4.78 is 21.1. The van der Waals surface area contributed by atoms with Gasteiger partial charge in [0.25, 0.3) is 0 Å². The van der Waals surface area contributed by atoms with Crippen LogP contribution in [0.15, 0.2) is 33.6 Å². The predicted molar refractivity (Wildman–Crippen MR) is 72.3 cm³/mol. The number of fused-ring (bicyclic) bond motifs is 1. The SMILES string of the molecule is C=S1(=O)N=C(CC(=O)OCC)Nc2ccccc21. The number of rotatable bonds is 3. The normalized spacial score (nSPS) is 21.5. The van der Waals surface area contributed by atoms with Crippen molar-refractivity contribution in [2.45, 2.75) is 18.2 Å². The van der Waals surface area contributed by atoms with Crippen molar-refractivity contribution in [2.75, 3.05) is 11.9 Å². The zero-order valence-corrected chi connectivity index (χ0v) is 10.8. The van der Waals surface area contributed by atoms with Crippen LogP contribution < -0.4 is 5.32 Å². The molecule has 0 aliphatic carbocycles. The van der Waals surface area contributed by atoms with E-state index < -0.39 is 15.7 Å². The maximum atomic E-state index is 12.3. The molecule has 96 valence electrons. The number of ether oxygens (including phenoxy) is 1. The predicted octanol–water partition coefficient (Wildman–Crippen LogP) is 1.45. The summed E-state index contributed by atoms with van der Waals surface area (Å²) >= 11 is 0. The molecule has 1 aromatic carbocycles. The lowest BCUT2D eigenvalue weighted by Gasteiger charge is -2.20. The number of amidine groups is 1. The number of hydrogen-bond donors (Lipinski definition) is 1. The summed E-state index contributed by atoms with van der Waals surface area (Å²) in [5.41, 5.74) is 0.673. The number of nitrogens with one attached hydrogen (secondary N) is 1. The Bertz CT molecular complexity index is 606. The van der Waals surface area contributed by atoms with Gasteiger partial charge in [0.2, 0.25) is 0 Å². The molecule has 0 spiro atoms. The van der Waals surface area contributed by atoms with Gasteiger partial charge in [0.1, 0.15) is 12.3 Å². The molecule has 0 saturated carbocycles. The Morgan fingerprint density at radius 3 is 2.94 bits per heavy atom. The summed E-state index contributed by atoms with van der Waals surface area (Å²) in [6.45, 7) is 2.04. The molecule has 1 heterocycles. The lowest BCUT2D eigenvalue weighted by Crippen LogP contribution is -2.24. The van der Waals surface area contributed by atoms with E-state index in [1.54, 1.807) is 25.1 Å². The van der Waals surface area contributed by atoms with Crippen molar-refractivity contribution < 1.29 is 13.7 Å². The fourth-order valence-electron chi connectivity index (χ4n) is 1.68. The van der Waals surface area contributed by atoms with Crippen LogP contribution in [-0.4, -0.2) is 28.5 Å². The second-order valence-corrected chi connectivity index (χ2v) is 5.68. The largest absolute Gasteiger partial charge is 0.466 e. The van der Waals surface area contributed by atoms with E-state index in [1.165, 1.54) is 0 Å². The summed E-state index contributed by atoms with van der Waals surface area (Å²) in [7, 11) is -2.73. The smallest absolute Gasteiger partial charge is 0.313 e. The molecule has 0 aromatic heterocycles. The van der Waals surface area contributed by atoms with Crippen molar-refractivity contribution >= 4 is 33.1 Å². The number of anilines is 1. The first-order valence-electron chi connectivity index (χ1n) is 5.50. The average molecular weight is 266 g/mol. The number of carbonyl (C=O) groups excluding carboxylic acids is 1. The molecule has 1 aliphatic rings. The minimum atomic E-state index is -2.73. The van der Waals surface area contributed by atoms with E-state index in [9.17, 15) is 9.00 Å². The van der Waals surface area contributed by atoms with Gasteiger partial charge in [-0.2, -0.15) is 4.40 Å². The topological polar surface area (TPSA) is 67.8 Å². The molecular formula is C12H14N2O3S. The highest BCUT2D eigenvalue weighted by Gasteiger charge is 2.21. The van der Waals surface area contributed by atoms with Crippen molar-refractivity contribution in [1.29, 1.82) is 0 Å². The Labute approximate surface area is 106 Å². The minimum Gasteiger partial charge on any atom is -0.466 e. The second-order valence-electron chi connectivity index (χ2n) is 3.78. The van der Waals surface area contributed by atoms with Crippen LogP contribution in [-0.2, 0) is 19.2 Å². The standard InChI is InChI=1S/C12H14N2O3S/c1-3-17-12(15)8-11-13-9-6-4-5-7-10(9)18(2,16)14-11/h4-7H,2-3,8H2,1H3,(H,13,14,16). The molecule has 0 saturated heterocycles. The van der Waals surface area contributed by atoms with Crippen LogP contribution >= 0.6 is 0 Å². The maximum absolute atomic E-state index is 12.3. The van der Waals surface area contributed by atoms with E-state index in [0.29, 0.717) is 23.0 Å². The molecular weight excluding hydrogens is 252 g/mol. The Morgan fingerprint density at radius 2 is 2.22 bits per heavy atom. The van der Waals surface area contributed by atoms with E-state index in [2.05, 4.69) is 15.6 Å². The molecule has 1 N–H and O–H groups in total. The minimum absolute atomic E-state index is 0.0331. The van der Waals surface area contributed by atoms with Gasteiger partial charge in [-0.1, -0.05) is 12.1 Å². The number of carbonyl (C=O) groups is 1. The molecule has 0 radical (unpaired) electrons. The lowest BCUT2D eigenvalue weighted by molar-refractivity contribution is -0.141. The summed E-state index contributed by atoms with van der Waals surface area (Å²) in [6.07, 6.45) is -0.0331. The third-order valence-corrected chi connectivity index (χ3v) is 3.94. The number of hydrogen-bond acceptors (Lipinski definition) is 4. The molecule has 0 fully saturated rings. The van der Waals surface area contributed by atoms with Crippen molar-refractivity contribution in [3.63, 3.8) is 0 Å². The molecule has 6 heteroatoms. The van der Waals surface area contributed by atoms with Gasteiger partial charge in [0.15, 0.2) is 0 Å². The maximum Gasteiger partial charge on any atom is 0.313 e. The Kier molecular flexibility index (Phi) is 3.38. The molecule has 1 atom stereocenters. The van der Waals surface area contributed by atoms with Crippen molar-refractivity contribution in [1.82, 2.24) is 0 Å². The monoisotopic (exact) mass is 266 g/mol. The van der Waals surface area contributed by atoms with E-state index in [4.69, 9.17) is 4.74 Å². The van der Waals surface area contributed by atoms with E-state index >= 15 is 0 Å². The average Bonchev–Trinajstić information content (AvgIpc) is 2.28. The highest BCUT2D eigenvalue weighted by molar-refractivity contribution is 7.99. The quantitative estimate of drug-likeness (QED) is 0.664. The van der Waals surface area contributed by atoms with Crippen LogP contribution in [0.5, 0.6) is 0 Å². The number of nitrogens with zero attached hydrogens (tertiary/aromatic N) is 1. The third-order valence-electron chi connectivity index (χ3n) is 2.38. The molecule has 1 aromatic rings. The van der Waals surface area contributed by atoms with E-state index in [1.807, 2.05) is 6.07 Å². The Morgan fingerprint density at radius 1 is 1.50 bits per heavy atom. The number of para-hydroxylation sites is 1. The van der Waals surface area contributed by atoms with Crippen LogP contribution in [0.3, 0.4) is 0 Å². The van der Waals surface area contributed by atoms with Crippen molar-refractivity contribution in [3.05, 3.63) is 24.3 Å². The van der Waals surface area contributed by atoms with Crippen LogP contribution in [0.25, 0.3) is 0 Å². The van der Waals surface area contributed by atoms with E-state index in [0.717, 1.165) is 0 Å². The number of benzene rings is 1. The summed E-state index contributed by atoms with van der Waals surface area (Å²) in [5.74, 6) is 3.54. The zero-order valence-electron chi connectivity index (χ0n) is 10.0. The van der Waals surface area contributed by atoms with Crippen LogP contribution in [0.2, 0.25) is 0 Å². The Balaban J connectivity index is 2.28. The summed E-state index contributed by atoms with van der Waals surface area (Å²) in [4.78, 5) is 11.9.